The van der Waals surface area contributed by atoms with Crippen molar-refractivity contribution in [3.8, 4) is 0 Å². The van der Waals surface area contributed by atoms with Gasteiger partial charge in [0, 0.05) is 45.2 Å². The van der Waals surface area contributed by atoms with E-state index in [0.29, 0.717) is 18.4 Å². The highest BCUT2D eigenvalue weighted by Crippen LogP contribution is 2.33. The van der Waals surface area contributed by atoms with Gasteiger partial charge in [0.1, 0.15) is 0 Å². The summed E-state index contributed by atoms with van der Waals surface area (Å²) in [6.07, 6.45) is 0. The minimum Gasteiger partial charge on any atom is -0.339 e. The Balaban J connectivity index is 0.00000182. The Morgan fingerprint density at radius 3 is 2.30 bits per heavy atom. The molecule has 0 aromatic heterocycles. The zero-order valence-corrected chi connectivity index (χ0v) is 18.1. The average molecular weight is 417 g/mol. The maximum atomic E-state index is 13.0. The van der Waals surface area contributed by atoms with E-state index in [1.54, 1.807) is 0 Å². The standard InChI is InChI=1S/C20H32N4O.2ClH/c1-3-22-9-11-23(12-10-22)20(25)16(2)24-14-18(13-21)19(15-24)17-7-5-4-6-8-17;;/h4-8,16,18-19H,3,9-15,21H2,1-2H3;2*1H/t16?,18-,19+;;/m1../s1. The third-order valence-corrected chi connectivity index (χ3v) is 6.04. The van der Waals surface area contributed by atoms with Crippen molar-refractivity contribution in [2.45, 2.75) is 25.8 Å². The van der Waals surface area contributed by atoms with Crippen LogP contribution < -0.4 is 5.73 Å². The Morgan fingerprint density at radius 1 is 1.11 bits per heavy atom. The maximum Gasteiger partial charge on any atom is 0.239 e. The third kappa shape index (κ3) is 5.58. The van der Waals surface area contributed by atoms with Crippen LogP contribution in [0.3, 0.4) is 0 Å². The van der Waals surface area contributed by atoms with Crippen molar-refractivity contribution < 1.29 is 4.79 Å². The molecule has 2 aliphatic rings. The van der Waals surface area contributed by atoms with Crippen molar-refractivity contribution in [1.29, 1.82) is 0 Å². The first-order chi connectivity index (χ1) is 12.1. The minimum absolute atomic E-state index is 0. The summed E-state index contributed by atoms with van der Waals surface area (Å²) in [6, 6.07) is 10.5. The van der Waals surface area contributed by atoms with E-state index in [-0.39, 0.29) is 36.8 Å². The molecule has 0 radical (unpaired) electrons. The van der Waals surface area contributed by atoms with Crippen LogP contribution in [0.25, 0.3) is 0 Å². The van der Waals surface area contributed by atoms with E-state index >= 15 is 0 Å². The number of likely N-dealkylation sites (N-methyl/N-ethyl adjacent to an activating group) is 1. The number of likely N-dealkylation sites (tertiary alicyclic amines) is 1. The first-order valence-corrected chi connectivity index (χ1v) is 9.64. The van der Waals surface area contributed by atoms with Crippen LogP contribution in [0.5, 0.6) is 0 Å². The van der Waals surface area contributed by atoms with Crippen LogP contribution in [0.15, 0.2) is 30.3 Å². The average Bonchev–Trinajstić information content (AvgIpc) is 3.12. The number of hydrogen-bond donors (Lipinski definition) is 1. The maximum absolute atomic E-state index is 13.0. The largest absolute Gasteiger partial charge is 0.339 e. The molecule has 27 heavy (non-hydrogen) atoms. The normalized spacial score (nSPS) is 24.8. The van der Waals surface area contributed by atoms with Crippen LogP contribution in [-0.2, 0) is 4.79 Å². The molecule has 1 amide bonds. The lowest BCUT2D eigenvalue weighted by atomic mass is 9.89. The van der Waals surface area contributed by atoms with E-state index in [1.807, 2.05) is 4.90 Å². The summed E-state index contributed by atoms with van der Waals surface area (Å²) < 4.78 is 0. The van der Waals surface area contributed by atoms with Crippen LogP contribution in [0, 0.1) is 5.92 Å². The first-order valence-electron chi connectivity index (χ1n) is 9.64. The molecule has 0 spiro atoms. The third-order valence-electron chi connectivity index (χ3n) is 6.04. The molecule has 0 saturated carbocycles. The molecule has 3 rings (SSSR count). The smallest absolute Gasteiger partial charge is 0.239 e. The molecule has 3 atom stereocenters. The van der Waals surface area contributed by atoms with Crippen molar-refractivity contribution in [1.82, 2.24) is 14.7 Å². The van der Waals surface area contributed by atoms with Gasteiger partial charge in [0.15, 0.2) is 0 Å². The highest BCUT2D eigenvalue weighted by Gasteiger charge is 2.38. The SMILES string of the molecule is CCN1CCN(C(=O)C(C)N2C[C@@H](CN)[C@H](c3ccccc3)C2)CC1.Cl.Cl. The predicted molar refractivity (Wildman–Crippen MR) is 116 cm³/mol. The van der Waals surface area contributed by atoms with Gasteiger partial charge in [-0.3, -0.25) is 9.69 Å². The Kier molecular flexibility index (Phi) is 10.1. The van der Waals surface area contributed by atoms with Crippen LogP contribution >= 0.6 is 24.8 Å². The first kappa shape index (κ1) is 24.2. The Labute approximate surface area is 176 Å². The topological polar surface area (TPSA) is 52.8 Å². The van der Waals surface area contributed by atoms with Crippen LogP contribution in [0.2, 0.25) is 0 Å². The number of benzene rings is 1. The highest BCUT2D eigenvalue weighted by atomic mass is 35.5. The summed E-state index contributed by atoms with van der Waals surface area (Å²) >= 11 is 0. The Morgan fingerprint density at radius 2 is 1.74 bits per heavy atom. The van der Waals surface area contributed by atoms with E-state index in [0.717, 1.165) is 45.8 Å². The van der Waals surface area contributed by atoms with E-state index in [9.17, 15) is 4.79 Å². The van der Waals surface area contributed by atoms with Crippen molar-refractivity contribution in [3.63, 3.8) is 0 Å². The fourth-order valence-electron chi connectivity index (χ4n) is 4.24. The quantitative estimate of drug-likeness (QED) is 0.797. The molecular weight excluding hydrogens is 383 g/mol. The fraction of sp³-hybridized carbons (Fsp3) is 0.650. The molecule has 2 saturated heterocycles. The van der Waals surface area contributed by atoms with Crippen LogP contribution in [-0.4, -0.2) is 79.0 Å². The van der Waals surface area contributed by atoms with Gasteiger partial charge < -0.3 is 15.5 Å². The van der Waals surface area contributed by atoms with Gasteiger partial charge in [-0.25, -0.2) is 0 Å². The second kappa shape index (κ2) is 11.2. The van der Waals surface area contributed by atoms with Gasteiger partial charge in [-0.05, 0) is 31.5 Å². The fourth-order valence-corrected chi connectivity index (χ4v) is 4.24. The molecule has 154 valence electrons. The molecular formula is C20H34Cl2N4O. The molecule has 2 N–H and O–H groups in total. The minimum atomic E-state index is -0.0593. The summed E-state index contributed by atoms with van der Waals surface area (Å²) in [5, 5.41) is 0. The molecule has 5 nitrogen and oxygen atoms in total. The van der Waals surface area contributed by atoms with E-state index in [1.165, 1.54) is 5.56 Å². The number of piperazine rings is 1. The number of nitrogens with two attached hydrogens (primary N) is 1. The molecule has 1 aromatic carbocycles. The molecule has 1 unspecified atom stereocenters. The van der Waals surface area contributed by atoms with Gasteiger partial charge in [0.25, 0.3) is 0 Å². The van der Waals surface area contributed by atoms with Gasteiger partial charge in [-0.1, -0.05) is 37.3 Å². The number of amides is 1. The van der Waals surface area contributed by atoms with E-state index in [2.05, 4.69) is 54.0 Å². The van der Waals surface area contributed by atoms with E-state index < -0.39 is 0 Å². The second-order valence-electron chi connectivity index (χ2n) is 7.40. The lowest BCUT2D eigenvalue weighted by molar-refractivity contribution is -0.137. The van der Waals surface area contributed by atoms with Crippen molar-refractivity contribution in [3.05, 3.63) is 35.9 Å². The Hall–Kier alpha value is -0.850. The summed E-state index contributed by atoms with van der Waals surface area (Å²) in [4.78, 5) is 19.7. The van der Waals surface area contributed by atoms with Crippen molar-refractivity contribution in [2.24, 2.45) is 11.7 Å². The second-order valence-corrected chi connectivity index (χ2v) is 7.40. The zero-order chi connectivity index (χ0) is 17.8. The molecule has 2 aliphatic heterocycles. The van der Waals surface area contributed by atoms with Crippen molar-refractivity contribution >= 4 is 30.7 Å². The molecule has 1 aromatic rings. The highest BCUT2D eigenvalue weighted by molar-refractivity contribution is 5.85. The number of carbonyl (C=O) groups excluding carboxylic acids is 1. The molecule has 0 bridgehead atoms. The Bertz CT molecular complexity index is 566. The lowest BCUT2D eigenvalue weighted by Crippen LogP contribution is -2.53. The van der Waals surface area contributed by atoms with Crippen LogP contribution in [0.4, 0.5) is 0 Å². The van der Waals surface area contributed by atoms with Crippen molar-refractivity contribution in [2.75, 3.05) is 52.4 Å². The molecule has 0 aliphatic carbocycles. The number of halogens is 2. The number of rotatable bonds is 5. The van der Waals surface area contributed by atoms with Gasteiger partial charge in [0.2, 0.25) is 5.91 Å². The van der Waals surface area contributed by atoms with Gasteiger partial charge in [-0.2, -0.15) is 0 Å². The predicted octanol–water partition coefficient (Wildman–Crippen LogP) is 2.06. The lowest BCUT2D eigenvalue weighted by Gasteiger charge is -2.37. The van der Waals surface area contributed by atoms with Crippen LogP contribution in [0.1, 0.15) is 25.3 Å². The summed E-state index contributed by atoms with van der Waals surface area (Å²) in [5.74, 6) is 1.13. The summed E-state index contributed by atoms with van der Waals surface area (Å²) in [7, 11) is 0. The zero-order valence-electron chi connectivity index (χ0n) is 16.4. The van der Waals surface area contributed by atoms with Gasteiger partial charge in [0.05, 0.1) is 6.04 Å². The summed E-state index contributed by atoms with van der Waals surface area (Å²) in [5.41, 5.74) is 7.39. The summed E-state index contributed by atoms with van der Waals surface area (Å²) in [6.45, 7) is 11.5. The monoisotopic (exact) mass is 416 g/mol. The molecule has 2 fully saturated rings. The van der Waals surface area contributed by atoms with Gasteiger partial charge in [-0.15, -0.1) is 24.8 Å². The van der Waals surface area contributed by atoms with E-state index in [4.69, 9.17) is 5.73 Å². The number of carbonyl (C=O) groups is 1. The number of hydrogen-bond acceptors (Lipinski definition) is 4. The number of nitrogens with zero attached hydrogens (tertiary/aromatic N) is 3. The molecule has 7 heteroatoms. The molecule has 2 heterocycles. The van der Waals surface area contributed by atoms with Gasteiger partial charge >= 0.3 is 0 Å².